The molecule has 1 heterocycles. The Bertz CT molecular complexity index is 301. The van der Waals surface area contributed by atoms with Gasteiger partial charge in [-0.3, -0.25) is 0 Å². The lowest BCUT2D eigenvalue weighted by molar-refractivity contribution is -0.112. The molecule has 0 unspecified atom stereocenters. The molecule has 0 aromatic carbocycles. The van der Waals surface area contributed by atoms with Crippen molar-refractivity contribution in [2.45, 2.75) is 19.3 Å². The van der Waals surface area contributed by atoms with Crippen LogP contribution in [0.5, 0.6) is 0 Å². The van der Waals surface area contributed by atoms with Crippen LogP contribution >= 0.6 is 0 Å². The molecule has 0 radical (unpaired) electrons. The lowest BCUT2D eigenvalue weighted by Crippen LogP contribution is -2.10. The number of rotatable bonds is 3. The average molecular weight is 165 g/mol. The molecule has 1 saturated carbocycles. The fourth-order valence-electron chi connectivity index (χ4n) is 1.28. The molecule has 0 saturated heterocycles. The van der Waals surface area contributed by atoms with Gasteiger partial charge >= 0.3 is 0 Å². The number of carbonyl (C=O) groups excluding carboxylic acids is 1. The molecule has 2 rings (SSSR count). The van der Waals surface area contributed by atoms with E-state index in [0.29, 0.717) is 0 Å². The average Bonchev–Trinajstić information content (AvgIpc) is 2.74. The fourth-order valence-corrected chi connectivity index (χ4v) is 1.28. The quantitative estimate of drug-likeness (QED) is 0.607. The van der Waals surface area contributed by atoms with Gasteiger partial charge in [-0.15, -0.1) is 10.2 Å². The van der Waals surface area contributed by atoms with Crippen LogP contribution in [0.15, 0.2) is 6.33 Å². The SMILES string of the molecule is Cn1cnnc1CC1(C=O)CC1. The minimum Gasteiger partial charge on any atom is -0.321 e. The van der Waals surface area contributed by atoms with E-state index in [4.69, 9.17) is 0 Å². The molecule has 64 valence electrons. The number of aryl methyl sites for hydroxylation is 1. The van der Waals surface area contributed by atoms with E-state index >= 15 is 0 Å². The first-order valence-corrected chi connectivity index (χ1v) is 4.05. The van der Waals surface area contributed by atoms with Gasteiger partial charge in [0.05, 0.1) is 0 Å². The van der Waals surface area contributed by atoms with Crippen LogP contribution in [0.3, 0.4) is 0 Å². The van der Waals surface area contributed by atoms with Crippen LogP contribution in [0.25, 0.3) is 0 Å². The van der Waals surface area contributed by atoms with Crippen LogP contribution in [0.4, 0.5) is 0 Å². The number of hydrogen-bond donors (Lipinski definition) is 0. The van der Waals surface area contributed by atoms with E-state index < -0.39 is 0 Å². The Morgan fingerprint density at radius 2 is 2.50 bits per heavy atom. The number of aromatic nitrogens is 3. The minimum atomic E-state index is -0.0964. The lowest BCUT2D eigenvalue weighted by Gasteiger charge is -2.04. The molecule has 1 fully saturated rings. The summed E-state index contributed by atoms with van der Waals surface area (Å²) in [5.74, 6) is 0.902. The smallest absolute Gasteiger partial charge is 0.133 e. The maximum absolute atomic E-state index is 10.7. The normalized spacial score (nSPS) is 19.1. The molecular formula is C8H11N3O. The molecule has 0 atom stereocenters. The molecule has 12 heavy (non-hydrogen) atoms. The Balaban J connectivity index is 2.13. The highest BCUT2D eigenvalue weighted by Crippen LogP contribution is 2.45. The summed E-state index contributed by atoms with van der Waals surface area (Å²) in [6.07, 6.45) is 5.47. The van der Waals surface area contributed by atoms with Crippen LogP contribution in [-0.2, 0) is 18.3 Å². The summed E-state index contributed by atoms with van der Waals surface area (Å²) < 4.78 is 1.86. The van der Waals surface area contributed by atoms with Gasteiger partial charge in [-0.05, 0) is 12.8 Å². The van der Waals surface area contributed by atoms with Crippen molar-refractivity contribution in [3.05, 3.63) is 12.2 Å². The fraction of sp³-hybridized carbons (Fsp3) is 0.625. The zero-order valence-electron chi connectivity index (χ0n) is 7.03. The van der Waals surface area contributed by atoms with Crippen molar-refractivity contribution in [3.8, 4) is 0 Å². The van der Waals surface area contributed by atoms with Crippen molar-refractivity contribution in [2.24, 2.45) is 12.5 Å². The summed E-state index contributed by atoms with van der Waals surface area (Å²) in [7, 11) is 1.90. The summed E-state index contributed by atoms with van der Waals surface area (Å²) >= 11 is 0. The number of aldehydes is 1. The Labute approximate surface area is 70.6 Å². The molecule has 1 aromatic heterocycles. The second kappa shape index (κ2) is 2.40. The maximum Gasteiger partial charge on any atom is 0.133 e. The van der Waals surface area contributed by atoms with Gasteiger partial charge in [0, 0.05) is 18.9 Å². The maximum atomic E-state index is 10.7. The standard InChI is InChI=1S/C8H11N3O/c1-11-6-9-10-7(11)4-8(5-12)2-3-8/h5-6H,2-4H2,1H3. The molecule has 0 aliphatic heterocycles. The Morgan fingerprint density at radius 3 is 2.92 bits per heavy atom. The van der Waals surface area contributed by atoms with Gasteiger partial charge in [-0.1, -0.05) is 0 Å². The lowest BCUT2D eigenvalue weighted by atomic mass is 10.1. The first kappa shape index (κ1) is 7.46. The summed E-state index contributed by atoms with van der Waals surface area (Å²) in [6.45, 7) is 0. The molecule has 4 heteroatoms. The van der Waals surface area contributed by atoms with E-state index in [1.165, 1.54) is 0 Å². The second-order valence-electron chi connectivity index (χ2n) is 3.52. The van der Waals surface area contributed by atoms with E-state index in [2.05, 4.69) is 10.2 Å². The van der Waals surface area contributed by atoms with Crippen molar-refractivity contribution >= 4 is 6.29 Å². The van der Waals surface area contributed by atoms with E-state index in [-0.39, 0.29) is 5.41 Å². The highest BCUT2D eigenvalue weighted by Gasteiger charge is 2.43. The largest absolute Gasteiger partial charge is 0.321 e. The summed E-state index contributed by atoms with van der Waals surface area (Å²) in [4.78, 5) is 10.7. The molecule has 0 amide bonds. The van der Waals surface area contributed by atoms with Crippen LogP contribution < -0.4 is 0 Å². The molecule has 1 aliphatic rings. The Morgan fingerprint density at radius 1 is 1.75 bits per heavy atom. The van der Waals surface area contributed by atoms with Gasteiger partial charge in [0.1, 0.15) is 18.4 Å². The zero-order chi connectivity index (χ0) is 8.60. The van der Waals surface area contributed by atoms with Crippen molar-refractivity contribution < 1.29 is 4.79 Å². The van der Waals surface area contributed by atoms with E-state index in [9.17, 15) is 4.79 Å². The third-order valence-electron chi connectivity index (χ3n) is 2.46. The monoisotopic (exact) mass is 165 g/mol. The number of carbonyl (C=O) groups is 1. The molecule has 1 aliphatic carbocycles. The third kappa shape index (κ3) is 1.13. The molecular weight excluding hydrogens is 154 g/mol. The van der Waals surface area contributed by atoms with Crippen molar-refractivity contribution in [1.29, 1.82) is 0 Å². The first-order valence-electron chi connectivity index (χ1n) is 4.05. The third-order valence-corrected chi connectivity index (χ3v) is 2.46. The predicted molar refractivity (Wildman–Crippen MR) is 42.4 cm³/mol. The molecule has 0 N–H and O–H groups in total. The van der Waals surface area contributed by atoms with E-state index in [1.54, 1.807) is 6.33 Å². The number of nitrogens with zero attached hydrogens (tertiary/aromatic N) is 3. The predicted octanol–water partition coefficient (Wildman–Crippen LogP) is 0.337. The van der Waals surface area contributed by atoms with Gasteiger partial charge in [-0.2, -0.15) is 0 Å². The highest BCUT2D eigenvalue weighted by molar-refractivity contribution is 5.63. The summed E-state index contributed by atoms with van der Waals surface area (Å²) in [5.41, 5.74) is -0.0964. The van der Waals surface area contributed by atoms with Gasteiger partial charge in [0.25, 0.3) is 0 Å². The molecule has 4 nitrogen and oxygen atoms in total. The van der Waals surface area contributed by atoms with E-state index in [0.717, 1.165) is 31.4 Å². The summed E-state index contributed by atoms with van der Waals surface area (Å²) in [5, 5.41) is 7.71. The van der Waals surface area contributed by atoms with Gasteiger partial charge in [0.15, 0.2) is 0 Å². The number of hydrogen-bond acceptors (Lipinski definition) is 3. The Kier molecular flexibility index (Phi) is 1.49. The van der Waals surface area contributed by atoms with E-state index in [1.807, 2.05) is 11.6 Å². The zero-order valence-corrected chi connectivity index (χ0v) is 7.03. The van der Waals surface area contributed by atoms with Crippen molar-refractivity contribution in [3.63, 3.8) is 0 Å². The van der Waals surface area contributed by atoms with Crippen molar-refractivity contribution in [2.75, 3.05) is 0 Å². The minimum absolute atomic E-state index is 0.0964. The first-order chi connectivity index (χ1) is 5.76. The summed E-state index contributed by atoms with van der Waals surface area (Å²) in [6, 6.07) is 0. The van der Waals surface area contributed by atoms with Crippen molar-refractivity contribution in [1.82, 2.24) is 14.8 Å². The molecule has 0 bridgehead atoms. The van der Waals surface area contributed by atoms with Gasteiger partial charge < -0.3 is 9.36 Å². The van der Waals surface area contributed by atoms with Crippen LogP contribution in [0.2, 0.25) is 0 Å². The molecule has 0 spiro atoms. The second-order valence-corrected chi connectivity index (χ2v) is 3.52. The highest BCUT2D eigenvalue weighted by atomic mass is 16.1. The van der Waals surface area contributed by atoms with Crippen LogP contribution in [-0.4, -0.2) is 21.1 Å². The topological polar surface area (TPSA) is 47.8 Å². The Hall–Kier alpha value is -1.19. The van der Waals surface area contributed by atoms with Crippen LogP contribution in [0.1, 0.15) is 18.7 Å². The molecule has 1 aromatic rings. The van der Waals surface area contributed by atoms with Gasteiger partial charge in [-0.25, -0.2) is 0 Å². The van der Waals surface area contributed by atoms with Crippen LogP contribution in [0, 0.1) is 5.41 Å². The van der Waals surface area contributed by atoms with Gasteiger partial charge in [0.2, 0.25) is 0 Å².